The molecule has 1 atom stereocenters. The van der Waals surface area contributed by atoms with Gasteiger partial charge in [-0.05, 0) is 25.1 Å². The summed E-state index contributed by atoms with van der Waals surface area (Å²) in [5, 5.41) is 17.1. The van der Waals surface area contributed by atoms with Crippen LogP contribution in [0.4, 0.5) is 14.6 Å². The lowest BCUT2D eigenvalue weighted by Crippen LogP contribution is -2.19. The van der Waals surface area contributed by atoms with E-state index in [4.69, 9.17) is 11.6 Å². The topological polar surface area (TPSA) is 85.0 Å². The third-order valence-electron chi connectivity index (χ3n) is 4.75. The second-order valence-corrected chi connectivity index (χ2v) is 7.45. The lowest BCUT2D eigenvalue weighted by atomic mass is 10.2. The number of nitrogens with zero attached hydrogens (tertiary/aromatic N) is 4. The van der Waals surface area contributed by atoms with Crippen molar-refractivity contribution in [2.75, 3.05) is 11.9 Å². The third kappa shape index (κ3) is 4.14. The van der Waals surface area contributed by atoms with Gasteiger partial charge in [0.05, 0.1) is 46.7 Å². The molecular weight excluding hydrogens is 428 g/mol. The Morgan fingerprint density at radius 2 is 1.97 bits per heavy atom. The van der Waals surface area contributed by atoms with Gasteiger partial charge < -0.3 is 10.4 Å². The largest absolute Gasteiger partial charge is 0.392 e. The number of fused-ring (bicyclic) bond motifs is 1. The third-order valence-corrected chi connectivity index (χ3v) is 5.04. The fourth-order valence-electron chi connectivity index (χ4n) is 3.19. The SMILES string of the molecule is C[C@@H](O)CNc1cc(-n2ccc3c(cnn3Cc3c(F)cccc3F)c2=O)c(Cl)cn1. The molecule has 0 spiro atoms. The van der Waals surface area contributed by atoms with Gasteiger partial charge in [-0.3, -0.25) is 14.0 Å². The van der Waals surface area contributed by atoms with E-state index in [1.54, 1.807) is 19.1 Å². The first-order valence-electron chi connectivity index (χ1n) is 9.43. The molecule has 31 heavy (non-hydrogen) atoms. The van der Waals surface area contributed by atoms with Gasteiger partial charge in [-0.25, -0.2) is 13.8 Å². The number of benzene rings is 1. The molecule has 4 rings (SSSR count). The maximum atomic E-state index is 14.0. The summed E-state index contributed by atoms with van der Waals surface area (Å²) in [6.07, 6.45) is 3.70. The number of aliphatic hydroxyl groups is 1. The Labute approximate surface area is 180 Å². The molecule has 3 aromatic heterocycles. The predicted molar refractivity (Wildman–Crippen MR) is 114 cm³/mol. The summed E-state index contributed by atoms with van der Waals surface area (Å²) in [5.41, 5.74) is 0.293. The Hall–Kier alpha value is -3.30. The first-order chi connectivity index (χ1) is 14.8. The first-order valence-corrected chi connectivity index (χ1v) is 9.81. The predicted octanol–water partition coefficient (Wildman–Crippen LogP) is 3.35. The van der Waals surface area contributed by atoms with Crippen molar-refractivity contribution in [3.63, 3.8) is 0 Å². The Bertz CT molecular complexity index is 1300. The fraction of sp³-hybridized carbons (Fsp3) is 0.190. The summed E-state index contributed by atoms with van der Waals surface area (Å²) in [6, 6.07) is 6.85. The van der Waals surface area contributed by atoms with E-state index >= 15 is 0 Å². The van der Waals surface area contributed by atoms with E-state index in [-0.39, 0.29) is 29.1 Å². The molecule has 160 valence electrons. The van der Waals surface area contributed by atoms with E-state index in [2.05, 4.69) is 15.4 Å². The van der Waals surface area contributed by atoms with Crippen LogP contribution in [0.5, 0.6) is 0 Å². The number of aromatic nitrogens is 4. The summed E-state index contributed by atoms with van der Waals surface area (Å²) in [4.78, 5) is 17.2. The molecule has 0 aliphatic carbocycles. The van der Waals surface area contributed by atoms with Gasteiger partial charge in [-0.15, -0.1) is 0 Å². The highest BCUT2D eigenvalue weighted by Crippen LogP contribution is 2.23. The minimum absolute atomic E-state index is 0.136. The highest BCUT2D eigenvalue weighted by atomic mass is 35.5. The molecule has 2 N–H and O–H groups in total. The molecule has 0 saturated heterocycles. The van der Waals surface area contributed by atoms with Crippen LogP contribution in [0.1, 0.15) is 12.5 Å². The highest BCUT2D eigenvalue weighted by Gasteiger charge is 2.15. The van der Waals surface area contributed by atoms with Crippen LogP contribution in [0.2, 0.25) is 5.02 Å². The summed E-state index contributed by atoms with van der Waals surface area (Å²) < 4.78 is 30.7. The number of aliphatic hydroxyl groups excluding tert-OH is 1. The van der Waals surface area contributed by atoms with Crippen molar-refractivity contribution in [3.05, 3.63) is 81.5 Å². The van der Waals surface area contributed by atoms with Gasteiger partial charge in [-0.2, -0.15) is 5.10 Å². The molecule has 0 bridgehead atoms. The number of hydrogen-bond acceptors (Lipinski definition) is 5. The van der Waals surface area contributed by atoms with E-state index in [9.17, 15) is 18.7 Å². The molecule has 0 amide bonds. The van der Waals surface area contributed by atoms with E-state index in [1.807, 2.05) is 0 Å². The van der Waals surface area contributed by atoms with Gasteiger partial charge in [0, 0.05) is 24.4 Å². The van der Waals surface area contributed by atoms with Crippen molar-refractivity contribution in [3.8, 4) is 5.69 Å². The molecule has 10 heteroatoms. The second-order valence-electron chi connectivity index (χ2n) is 7.04. The van der Waals surface area contributed by atoms with E-state index in [0.717, 1.165) is 0 Å². The maximum absolute atomic E-state index is 14.0. The average Bonchev–Trinajstić information content (AvgIpc) is 3.14. The monoisotopic (exact) mass is 445 g/mol. The molecule has 0 saturated carbocycles. The number of nitrogens with one attached hydrogen (secondary N) is 1. The van der Waals surface area contributed by atoms with Crippen LogP contribution in [-0.2, 0) is 6.54 Å². The molecule has 3 heterocycles. The zero-order valence-corrected chi connectivity index (χ0v) is 17.1. The Morgan fingerprint density at radius 3 is 2.68 bits per heavy atom. The lowest BCUT2D eigenvalue weighted by Gasteiger charge is -2.12. The van der Waals surface area contributed by atoms with Crippen molar-refractivity contribution >= 4 is 28.3 Å². The molecule has 0 aliphatic heterocycles. The summed E-state index contributed by atoms with van der Waals surface area (Å²) in [5.74, 6) is -0.923. The van der Waals surface area contributed by atoms with Crippen LogP contribution < -0.4 is 10.9 Å². The van der Waals surface area contributed by atoms with E-state index < -0.39 is 23.3 Å². The number of halogens is 3. The summed E-state index contributed by atoms with van der Waals surface area (Å²) >= 11 is 6.26. The molecule has 0 unspecified atom stereocenters. The maximum Gasteiger partial charge on any atom is 0.266 e. The van der Waals surface area contributed by atoms with Crippen molar-refractivity contribution in [2.24, 2.45) is 0 Å². The molecule has 0 radical (unpaired) electrons. The average molecular weight is 446 g/mol. The van der Waals surface area contributed by atoms with Gasteiger partial charge in [0.1, 0.15) is 17.5 Å². The molecule has 7 nitrogen and oxygen atoms in total. The van der Waals surface area contributed by atoms with Gasteiger partial charge in [0.15, 0.2) is 0 Å². The second kappa shape index (κ2) is 8.44. The van der Waals surface area contributed by atoms with Crippen LogP contribution in [0.3, 0.4) is 0 Å². The van der Waals surface area contributed by atoms with Crippen molar-refractivity contribution in [1.29, 1.82) is 0 Å². The lowest BCUT2D eigenvalue weighted by molar-refractivity contribution is 0.208. The van der Waals surface area contributed by atoms with Crippen LogP contribution in [0, 0.1) is 11.6 Å². The minimum atomic E-state index is -0.683. The standard InChI is InChI=1S/C21H18ClF2N5O2/c1-12(30)8-25-20-7-19(15(22)10-26-20)28-6-5-18-13(21(28)31)9-27-29(18)11-14-16(23)3-2-4-17(14)24/h2-7,9-10,12,30H,8,11H2,1H3,(H,25,26)/t12-/m1/s1. The number of anilines is 1. The first kappa shape index (κ1) is 21.0. The summed E-state index contributed by atoms with van der Waals surface area (Å²) in [6.45, 7) is 1.75. The zero-order valence-electron chi connectivity index (χ0n) is 16.4. The van der Waals surface area contributed by atoms with Gasteiger partial charge in [0.2, 0.25) is 0 Å². The van der Waals surface area contributed by atoms with Crippen LogP contribution in [0.25, 0.3) is 16.6 Å². The molecule has 4 aromatic rings. The Morgan fingerprint density at radius 1 is 1.23 bits per heavy atom. The van der Waals surface area contributed by atoms with E-state index in [0.29, 0.717) is 17.0 Å². The fourth-order valence-corrected chi connectivity index (χ4v) is 3.38. The number of pyridine rings is 2. The van der Waals surface area contributed by atoms with Gasteiger partial charge >= 0.3 is 0 Å². The van der Waals surface area contributed by atoms with Crippen LogP contribution in [0.15, 0.2) is 53.7 Å². The highest BCUT2D eigenvalue weighted by molar-refractivity contribution is 6.32. The molecular formula is C21H18ClF2N5O2. The van der Waals surface area contributed by atoms with Crippen LogP contribution in [-0.4, -0.2) is 37.1 Å². The zero-order chi connectivity index (χ0) is 22.1. The molecule has 1 aromatic carbocycles. The minimum Gasteiger partial charge on any atom is -0.392 e. The normalized spacial score (nSPS) is 12.3. The quantitative estimate of drug-likeness (QED) is 0.475. The Kier molecular flexibility index (Phi) is 5.71. The van der Waals surface area contributed by atoms with Gasteiger partial charge in [0.25, 0.3) is 5.56 Å². The van der Waals surface area contributed by atoms with Crippen molar-refractivity contribution < 1.29 is 13.9 Å². The number of rotatable bonds is 6. The van der Waals surface area contributed by atoms with Crippen molar-refractivity contribution in [2.45, 2.75) is 19.6 Å². The Balaban J connectivity index is 1.74. The number of hydrogen-bond donors (Lipinski definition) is 2. The molecule has 0 aliphatic rings. The van der Waals surface area contributed by atoms with Gasteiger partial charge in [-0.1, -0.05) is 17.7 Å². The van der Waals surface area contributed by atoms with E-state index in [1.165, 1.54) is 46.0 Å². The van der Waals surface area contributed by atoms with Crippen molar-refractivity contribution in [1.82, 2.24) is 19.3 Å². The summed E-state index contributed by atoms with van der Waals surface area (Å²) in [7, 11) is 0. The van der Waals surface area contributed by atoms with Crippen LogP contribution >= 0.6 is 11.6 Å². The smallest absolute Gasteiger partial charge is 0.266 e. The molecule has 0 fully saturated rings.